The van der Waals surface area contributed by atoms with Crippen LogP contribution in [0.25, 0.3) is 11.4 Å². The van der Waals surface area contributed by atoms with Gasteiger partial charge in [-0.2, -0.15) is 8.78 Å². The summed E-state index contributed by atoms with van der Waals surface area (Å²) in [6, 6.07) is 21.2. The van der Waals surface area contributed by atoms with Gasteiger partial charge in [-0.1, -0.05) is 66.4 Å². The van der Waals surface area contributed by atoms with Crippen molar-refractivity contribution in [2.24, 2.45) is 0 Å². The molecule has 0 radical (unpaired) electrons. The van der Waals surface area contributed by atoms with Crippen LogP contribution in [0, 0.1) is 5.82 Å². The van der Waals surface area contributed by atoms with E-state index in [9.17, 15) is 21.6 Å². The molecule has 10 heteroatoms. The standard InChI is InChI=1S/C23H18F3N3O2S2/c24-20-9-5-4-8-19(20)21-27-28-23(29(21)14-16-6-2-1-3-7-16)32-15-17-10-12-18(13-11-17)33(30,31)22(25)26/h1-13,22H,14-15H2. The Balaban J connectivity index is 1.61. The molecule has 0 amide bonds. The first kappa shape index (κ1) is 23.1. The van der Waals surface area contributed by atoms with E-state index < -0.39 is 26.3 Å². The lowest BCUT2D eigenvalue weighted by molar-refractivity contribution is 0.234. The maximum absolute atomic E-state index is 14.5. The summed E-state index contributed by atoms with van der Waals surface area (Å²) in [4.78, 5) is -0.430. The van der Waals surface area contributed by atoms with Crippen LogP contribution in [0.2, 0.25) is 0 Å². The number of halogens is 3. The Bertz CT molecular complexity index is 1340. The van der Waals surface area contributed by atoms with Gasteiger partial charge in [0.15, 0.2) is 11.0 Å². The summed E-state index contributed by atoms with van der Waals surface area (Å²) in [6.45, 7) is 0.422. The van der Waals surface area contributed by atoms with Gasteiger partial charge in [0.05, 0.1) is 17.0 Å². The van der Waals surface area contributed by atoms with E-state index in [0.29, 0.717) is 28.8 Å². The number of nitrogens with zero attached hydrogens (tertiary/aromatic N) is 3. The molecule has 1 heterocycles. The highest BCUT2D eigenvalue weighted by atomic mass is 32.2. The van der Waals surface area contributed by atoms with Crippen LogP contribution in [-0.4, -0.2) is 28.9 Å². The highest BCUT2D eigenvalue weighted by molar-refractivity contribution is 7.98. The predicted molar refractivity (Wildman–Crippen MR) is 120 cm³/mol. The predicted octanol–water partition coefficient (Wildman–Crippen LogP) is 5.42. The van der Waals surface area contributed by atoms with Crippen LogP contribution in [0.5, 0.6) is 0 Å². The lowest BCUT2D eigenvalue weighted by atomic mass is 10.2. The highest BCUT2D eigenvalue weighted by Crippen LogP contribution is 2.29. The van der Waals surface area contributed by atoms with Gasteiger partial charge in [-0.15, -0.1) is 10.2 Å². The smallest absolute Gasteiger partial charge is 0.297 e. The molecule has 0 saturated heterocycles. The molecular formula is C23H18F3N3O2S2. The first-order valence-electron chi connectivity index (χ1n) is 9.82. The third-order valence-corrected chi connectivity index (χ3v) is 7.31. The normalized spacial score (nSPS) is 11.8. The Morgan fingerprint density at radius 1 is 0.848 bits per heavy atom. The third-order valence-electron chi connectivity index (χ3n) is 4.87. The van der Waals surface area contributed by atoms with Crippen molar-refractivity contribution in [1.29, 1.82) is 0 Å². The molecule has 0 bridgehead atoms. The third kappa shape index (κ3) is 5.12. The number of rotatable bonds is 8. The number of benzene rings is 3. The summed E-state index contributed by atoms with van der Waals surface area (Å²) >= 11 is 1.33. The maximum Gasteiger partial charge on any atom is 0.341 e. The van der Waals surface area contributed by atoms with E-state index in [1.807, 2.05) is 34.9 Å². The van der Waals surface area contributed by atoms with Gasteiger partial charge in [0.2, 0.25) is 9.84 Å². The summed E-state index contributed by atoms with van der Waals surface area (Å²) < 4.78 is 64.9. The van der Waals surface area contributed by atoms with Crippen molar-refractivity contribution in [2.45, 2.75) is 28.1 Å². The van der Waals surface area contributed by atoms with Gasteiger partial charge >= 0.3 is 5.76 Å². The van der Waals surface area contributed by atoms with E-state index in [-0.39, 0.29) is 0 Å². The topological polar surface area (TPSA) is 64.8 Å². The Labute approximate surface area is 193 Å². The van der Waals surface area contributed by atoms with E-state index in [0.717, 1.165) is 23.3 Å². The molecule has 0 aliphatic carbocycles. The number of hydrogen-bond donors (Lipinski definition) is 0. The van der Waals surface area contributed by atoms with Crippen LogP contribution in [0.15, 0.2) is 88.9 Å². The zero-order chi connectivity index (χ0) is 23.4. The van der Waals surface area contributed by atoms with Crippen molar-refractivity contribution in [3.8, 4) is 11.4 Å². The Kier molecular flexibility index (Phi) is 6.85. The van der Waals surface area contributed by atoms with Crippen molar-refractivity contribution in [3.05, 3.63) is 95.8 Å². The van der Waals surface area contributed by atoms with E-state index in [2.05, 4.69) is 10.2 Å². The molecule has 0 fully saturated rings. The molecule has 5 nitrogen and oxygen atoms in total. The lowest BCUT2D eigenvalue weighted by Crippen LogP contribution is -2.11. The van der Waals surface area contributed by atoms with Crippen LogP contribution >= 0.6 is 11.8 Å². The summed E-state index contributed by atoms with van der Waals surface area (Å²) in [5, 5.41) is 8.99. The first-order chi connectivity index (χ1) is 15.9. The zero-order valence-electron chi connectivity index (χ0n) is 17.1. The van der Waals surface area contributed by atoms with Crippen LogP contribution in [0.1, 0.15) is 11.1 Å². The summed E-state index contributed by atoms with van der Waals surface area (Å²) in [5.41, 5.74) is 2.03. The van der Waals surface area contributed by atoms with E-state index in [1.54, 1.807) is 18.2 Å². The number of hydrogen-bond acceptors (Lipinski definition) is 5. The van der Waals surface area contributed by atoms with Gasteiger partial charge in [-0.25, -0.2) is 12.8 Å². The lowest BCUT2D eigenvalue weighted by Gasteiger charge is -2.11. The summed E-state index contributed by atoms with van der Waals surface area (Å²) in [6.07, 6.45) is 0. The van der Waals surface area contributed by atoms with E-state index in [4.69, 9.17) is 0 Å². The minimum atomic E-state index is -4.64. The largest absolute Gasteiger partial charge is 0.341 e. The molecule has 0 N–H and O–H groups in total. The highest BCUT2D eigenvalue weighted by Gasteiger charge is 2.26. The minimum Gasteiger partial charge on any atom is -0.297 e. The second-order valence-corrected chi connectivity index (χ2v) is 9.96. The van der Waals surface area contributed by atoms with Crippen LogP contribution in [0.4, 0.5) is 13.2 Å². The van der Waals surface area contributed by atoms with E-state index in [1.165, 1.54) is 30.0 Å². The summed E-state index contributed by atoms with van der Waals surface area (Å²) in [5.74, 6) is -3.10. The molecule has 1 aromatic heterocycles. The Morgan fingerprint density at radius 2 is 1.52 bits per heavy atom. The van der Waals surface area contributed by atoms with Gasteiger partial charge in [-0.05, 0) is 35.4 Å². The maximum atomic E-state index is 14.5. The zero-order valence-corrected chi connectivity index (χ0v) is 18.7. The van der Waals surface area contributed by atoms with Gasteiger partial charge in [0.1, 0.15) is 5.82 Å². The molecule has 33 heavy (non-hydrogen) atoms. The summed E-state index contributed by atoms with van der Waals surface area (Å²) in [7, 11) is -4.64. The van der Waals surface area contributed by atoms with Crippen molar-refractivity contribution < 1.29 is 21.6 Å². The minimum absolute atomic E-state index is 0.328. The quantitative estimate of drug-likeness (QED) is 0.309. The molecule has 0 saturated carbocycles. The molecule has 0 aliphatic rings. The molecule has 0 unspecified atom stereocenters. The van der Waals surface area contributed by atoms with E-state index >= 15 is 0 Å². The van der Waals surface area contributed by atoms with Crippen molar-refractivity contribution in [2.75, 3.05) is 0 Å². The molecule has 0 aliphatic heterocycles. The van der Waals surface area contributed by atoms with Gasteiger partial charge in [0, 0.05) is 5.75 Å². The second kappa shape index (κ2) is 9.80. The molecule has 4 aromatic rings. The van der Waals surface area contributed by atoms with Crippen molar-refractivity contribution >= 4 is 21.6 Å². The number of alkyl halides is 2. The number of sulfone groups is 1. The number of thioether (sulfide) groups is 1. The van der Waals surface area contributed by atoms with Gasteiger partial charge in [0.25, 0.3) is 0 Å². The molecule has 0 spiro atoms. The molecule has 4 rings (SSSR count). The second-order valence-electron chi connectivity index (χ2n) is 7.10. The van der Waals surface area contributed by atoms with Crippen LogP contribution in [0.3, 0.4) is 0 Å². The Morgan fingerprint density at radius 3 is 2.18 bits per heavy atom. The molecule has 0 atom stereocenters. The average Bonchev–Trinajstić information content (AvgIpc) is 3.21. The fourth-order valence-corrected chi connectivity index (χ4v) is 4.79. The fourth-order valence-electron chi connectivity index (χ4n) is 3.17. The van der Waals surface area contributed by atoms with Crippen LogP contribution < -0.4 is 0 Å². The molecular weight excluding hydrogens is 471 g/mol. The van der Waals surface area contributed by atoms with Gasteiger partial charge in [-0.3, -0.25) is 4.57 Å². The monoisotopic (exact) mass is 489 g/mol. The van der Waals surface area contributed by atoms with Crippen molar-refractivity contribution in [1.82, 2.24) is 14.8 Å². The Hall–Kier alpha value is -3.11. The molecule has 3 aromatic carbocycles. The van der Waals surface area contributed by atoms with Crippen molar-refractivity contribution in [3.63, 3.8) is 0 Å². The van der Waals surface area contributed by atoms with Gasteiger partial charge < -0.3 is 0 Å². The first-order valence-corrected chi connectivity index (χ1v) is 12.4. The van der Waals surface area contributed by atoms with Crippen LogP contribution in [-0.2, 0) is 22.1 Å². The molecule has 170 valence electrons. The average molecular weight is 490 g/mol. The number of aromatic nitrogens is 3. The fraction of sp³-hybridized carbons (Fsp3) is 0.130. The SMILES string of the molecule is O=S(=O)(c1ccc(CSc2nnc(-c3ccccc3F)n2Cc2ccccc2)cc1)C(F)F.